The number of rotatable bonds is 3. The number of aromatic hydroxyl groups is 1. The lowest BCUT2D eigenvalue weighted by molar-refractivity contribution is 0.1000. The first-order valence-electron chi connectivity index (χ1n) is 12.4. The summed E-state index contributed by atoms with van der Waals surface area (Å²) in [5.74, 6) is -0.890. The second-order valence-electron chi connectivity index (χ2n) is 9.59. The number of Topliss-reactive ketones (excluding diaryl/α,β-unsaturated/α-hetero) is 1. The first kappa shape index (κ1) is 22.1. The fourth-order valence-electron chi connectivity index (χ4n) is 5.74. The molecule has 0 radical (unpaired) electrons. The third-order valence-corrected chi connectivity index (χ3v) is 7.38. The van der Waals surface area contributed by atoms with Gasteiger partial charge in [-0.25, -0.2) is 0 Å². The molecule has 1 aliphatic carbocycles. The van der Waals surface area contributed by atoms with E-state index in [9.17, 15) is 14.7 Å². The van der Waals surface area contributed by atoms with Crippen LogP contribution in [0.3, 0.4) is 0 Å². The van der Waals surface area contributed by atoms with E-state index in [0.29, 0.717) is 11.1 Å². The van der Waals surface area contributed by atoms with Gasteiger partial charge < -0.3 is 15.1 Å². The van der Waals surface area contributed by atoms with Crippen molar-refractivity contribution in [3.63, 3.8) is 0 Å². The Kier molecular flexibility index (Phi) is 4.75. The predicted octanol–water partition coefficient (Wildman–Crippen LogP) is 7.46. The van der Waals surface area contributed by atoms with Crippen molar-refractivity contribution in [2.24, 2.45) is 0 Å². The molecule has 3 N–H and O–H groups in total. The van der Waals surface area contributed by atoms with Crippen LogP contribution in [0.1, 0.15) is 32.0 Å². The van der Waals surface area contributed by atoms with E-state index in [1.54, 1.807) is 6.07 Å². The van der Waals surface area contributed by atoms with E-state index in [4.69, 9.17) is 0 Å². The average molecular weight is 495 g/mol. The Morgan fingerprint density at radius 2 is 1.26 bits per heavy atom. The first-order valence-corrected chi connectivity index (χ1v) is 12.4. The number of benzene rings is 4. The summed E-state index contributed by atoms with van der Waals surface area (Å²) in [6.45, 7) is 1.95. The molecule has 0 amide bonds. The fraction of sp³-hybridized carbons (Fsp3) is 0.0303. The van der Waals surface area contributed by atoms with Gasteiger partial charge in [-0.15, -0.1) is 0 Å². The first-order chi connectivity index (χ1) is 18.5. The van der Waals surface area contributed by atoms with Crippen LogP contribution in [0, 0.1) is 6.92 Å². The molecule has 0 spiro atoms. The number of hydrogen-bond donors (Lipinski definition) is 3. The molecular weight excluding hydrogens is 472 g/mol. The molecule has 0 fully saturated rings. The van der Waals surface area contributed by atoms with Crippen molar-refractivity contribution in [3.05, 3.63) is 119 Å². The number of aryl methyl sites for hydroxylation is 1. The van der Waals surface area contributed by atoms with E-state index in [1.807, 2.05) is 85.8 Å². The van der Waals surface area contributed by atoms with Gasteiger partial charge in [0, 0.05) is 49.8 Å². The minimum Gasteiger partial charge on any atom is -0.507 e. The van der Waals surface area contributed by atoms with Crippen LogP contribution in [0.25, 0.3) is 49.8 Å². The molecule has 182 valence electrons. The molecule has 38 heavy (non-hydrogen) atoms. The summed E-state index contributed by atoms with van der Waals surface area (Å²) in [6, 6.07) is 28.5. The number of aromatic nitrogens is 2. The molecule has 0 saturated carbocycles. The lowest BCUT2D eigenvalue weighted by Gasteiger charge is -2.20. The molecule has 7 rings (SSSR count). The third-order valence-electron chi connectivity index (χ3n) is 7.38. The molecule has 0 bridgehead atoms. The van der Waals surface area contributed by atoms with E-state index in [-0.39, 0.29) is 34.0 Å². The van der Waals surface area contributed by atoms with Gasteiger partial charge in [-0.05, 0) is 48.4 Å². The Hall–Kier alpha value is -5.16. The Morgan fingerprint density at radius 1 is 0.632 bits per heavy atom. The maximum atomic E-state index is 14.2. The fourth-order valence-corrected chi connectivity index (χ4v) is 5.74. The van der Waals surface area contributed by atoms with Crippen LogP contribution in [0.2, 0.25) is 0 Å². The second kappa shape index (κ2) is 8.18. The third kappa shape index (κ3) is 3.12. The van der Waals surface area contributed by atoms with Crippen LogP contribution < -0.4 is 0 Å². The topological polar surface area (TPSA) is 85.9 Å². The van der Waals surface area contributed by atoms with Crippen molar-refractivity contribution < 1.29 is 14.7 Å². The Morgan fingerprint density at radius 3 is 2.00 bits per heavy atom. The summed E-state index contributed by atoms with van der Waals surface area (Å²) in [7, 11) is 0. The maximum absolute atomic E-state index is 14.2. The standard InChI is InChI=1S/C33H22N2O3/c1-18-28(20-11-5-7-13-24(20)34-18)22-15-16-26(36)31-30(22)27(37)17-23(33(31)38)29-21-12-6-8-14-25(21)35-32(29)19-9-3-2-4-10-19/h2-17,34-36H,1H3. The lowest BCUT2D eigenvalue weighted by atomic mass is 9.80. The van der Waals surface area contributed by atoms with Crippen molar-refractivity contribution in [1.29, 1.82) is 0 Å². The zero-order valence-electron chi connectivity index (χ0n) is 20.5. The van der Waals surface area contributed by atoms with Crippen molar-refractivity contribution in [2.75, 3.05) is 0 Å². The molecule has 6 aromatic rings. The number of carbonyl (C=O) groups excluding carboxylic acids is 2. The summed E-state index contributed by atoms with van der Waals surface area (Å²) in [6.07, 6.45) is 1.43. The molecular formula is C33H22N2O3. The summed E-state index contributed by atoms with van der Waals surface area (Å²) >= 11 is 0. The Balaban J connectivity index is 1.49. The zero-order valence-corrected chi connectivity index (χ0v) is 20.5. The van der Waals surface area contributed by atoms with Crippen LogP contribution in [0.5, 0.6) is 5.75 Å². The molecule has 0 aliphatic heterocycles. The number of aromatic amines is 2. The predicted molar refractivity (Wildman–Crippen MR) is 151 cm³/mol. The Labute approximate surface area is 218 Å². The van der Waals surface area contributed by atoms with Crippen LogP contribution in [-0.2, 0) is 0 Å². The van der Waals surface area contributed by atoms with E-state index in [2.05, 4.69) is 9.97 Å². The summed E-state index contributed by atoms with van der Waals surface area (Å²) in [5, 5.41) is 12.7. The number of H-pyrrole nitrogens is 2. The monoisotopic (exact) mass is 494 g/mol. The largest absolute Gasteiger partial charge is 0.507 e. The van der Waals surface area contributed by atoms with Gasteiger partial charge in [0.15, 0.2) is 11.6 Å². The number of para-hydroxylation sites is 2. The molecule has 2 heterocycles. The minimum atomic E-state index is -0.377. The SMILES string of the molecule is Cc1[nH]c2ccccc2c1-c1ccc(O)c2c1C(=O)C=C(c1c(-c3ccccc3)[nH]c3ccccc13)C2=O. The van der Waals surface area contributed by atoms with Crippen molar-refractivity contribution in [2.45, 2.75) is 6.92 Å². The number of nitrogens with one attached hydrogen (secondary N) is 2. The minimum absolute atomic E-state index is 0.0407. The average Bonchev–Trinajstić information content (AvgIpc) is 3.48. The lowest BCUT2D eigenvalue weighted by Crippen LogP contribution is -2.18. The molecule has 0 unspecified atom stereocenters. The summed E-state index contributed by atoms with van der Waals surface area (Å²) in [4.78, 5) is 34.9. The summed E-state index contributed by atoms with van der Waals surface area (Å²) in [5.41, 5.74) is 7.02. The molecule has 0 atom stereocenters. The molecule has 4 aromatic carbocycles. The smallest absolute Gasteiger partial charge is 0.198 e. The van der Waals surface area contributed by atoms with Gasteiger partial charge in [-0.1, -0.05) is 66.7 Å². The number of hydrogen-bond acceptors (Lipinski definition) is 3. The van der Waals surface area contributed by atoms with E-state index >= 15 is 0 Å². The number of ketones is 2. The quantitative estimate of drug-likeness (QED) is 0.239. The zero-order chi connectivity index (χ0) is 26.0. The van der Waals surface area contributed by atoms with Crippen molar-refractivity contribution in [3.8, 4) is 28.1 Å². The number of phenols is 1. The molecule has 2 aromatic heterocycles. The van der Waals surface area contributed by atoms with Gasteiger partial charge >= 0.3 is 0 Å². The highest BCUT2D eigenvalue weighted by atomic mass is 16.3. The highest BCUT2D eigenvalue weighted by Gasteiger charge is 2.34. The highest BCUT2D eigenvalue weighted by Crippen LogP contribution is 2.44. The van der Waals surface area contributed by atoms with Gasteiger partial charge in [-0.2, -0.15) is 0 Å². The Bertz CT molecular complexity index is 1970. The second-order valence-corrected chi connectivity index (χ2v) is 9.59. The van der Waals surface area contributed by atoms with Gasteiger partial charge in [0.1, 0.15) is 5.75 Å². The van der Waals surface area contributed by atoms with Crippen LogP contribution >= 0.6 is 0 Å². The van der Waals surface area contributed by atoms with Crippen LogP contribution in [0.15, 0.2) is 97.1 Å². The van der Waals surface area contributed by atoms with Crippen molar-refractivity contribution in [1.82, 2.24) is 9.97 Å². The molecule has 5 heteroatoms. The number of fused-ring (bicyclic) bond motifs is 3. The molecule has 5 nitrogen and oxygen atoms in total. The van der Waals surface area contributed by atoms with Crippen molar-refractivity contribution >= 4 is 38.9 Å². The van der Waals surface area contributed by atoms with Crippen LogP contribution in [0.4, 0.5) is 0 Å². The number of carbonyl (C=O) groups is 2. The van der Waals surface area contributed by atoms with Gasteiger partial charge in [0.25, 0.3) is 0 Å². The number of phenolic OH excluding ortho intramolecular Hbond substituents is 1. The van der Waals surface area contributed by atoms with Crippen LogP contribution in [-0.4, -0.2) is 26.6 Å². The normalized spacial score (nSPS) is 13.2. The van der Waals surface area contributed by atoms with Gasteiger partial charge in [-0.3, -0.25) is 9.59 Å². The number of allylic oxidation sites excluding steroid dienone is 2. The van der Waals surface area contributed by atoms with E-state index < -0.39 is 0 Å². The highest BCUT2D eigenvalue weighted by molar-refractivity contribution is 6.42. The van der Waals surface area contributed by atoms with E-state index in [0.717, 1.165) is 44.3 Å². The molecule has 1 aliphatic rings. The maximum Gasteiger partial charge on any atom is 0.198 e. The van der Waals surface area contributed by atoms with Gasteiger partial charge in [0.05, 0.1) is 11.3 Å². The molecule has 0 saturated heterocycles. The van der Waals surface area contributed by atoms with Gasteiger partial charge in [0.2, 0.25) is 0 Å². The summed E-state index contributed by atoms with van der Waals surface area (Å²) < 4.78 is 0. The van der Waals surface area contributed by atoms with E-state index in [1.165, 1.54) is 12.1 Å².